The van der Waals surface area contributed by atoms with Crippen LogP contribution in [0, 0.1) is 13.8 Å². The predicted octanol–water partition coefficient (Wildman–Crippen LogP) is 5.06. The summed E-state index contributed by atoms with van der Waals surface area (Å²) >= 11 is 5.94. The SMILES string of the molecule is Cc1cc(OC(=O)COc2ccc(C(C)C)c(C)c2)ccc1Cl. The lowest BCUT2D eigenvalue weighted by Crippen LogP contribution is -2.17. The molecule has 0 fully saturated rings. The Hall–Kier alpha value is -2.00. The number of aryl methyl sites for hydroxylation is 2. The molecule has 2 rings (SSSR count). The van der Waals surface area contributed by atoms with Crippen LogP contribution in [0.2, 0.25) is 5.02 Å². The van der Waals surface area contributed by atoms with Crippen molar-refractivity contribution in [3.05, 3.63) is 58.1 Å². The summed E-state index contributed by atoms with van der Waals surface area (Å²) in [6.07, 6.45) is 0. The van der Waals surface area contributed by atoms with E-state index in [1.54, 1.807) is 18.2 Å². The maximum Gasteiger partial charge on any atom is 0.349 e. The number of halogens is 1. The fourth-order valence-electron chi connectivity index (χ4n) is 2.37. The number of hydrogen-bond acceptors (Lipinski definition) is 3. The van der Waals surface area contributed by atoms with Gasteiger partial charge < -0.3 is 9.47 Å². The molecular weight excluding hydrogens is 312 g/mol. The number of esters is 1. The van der Waals surface area contributed by atoms with E-state index in [9.17, 15) is 4.79 Å². The number of benzene rings is 2. The van der Waals surface area contributed by atoms with Crippen LogP contribution in [0.5, 0.6) is 11.5 Å². The summed E-state index contributed by atoms with van der Waals surface area (Å²) in [4.78, 5) is 11.9. The molecule has 0 aliphatic heterocycles. The molecule has 0 bridgehead atoms. The number of carbonyl (C=O) groups excluding carboxylic acids is 1. The minimum absolute atomic E-state index is 0.137. The van der Waals surface area contributed by atoms with Gasteiger partial charge in [-0.1, -0.05) is 31.5 Å². The molecule has 0 saturated heterocycles. The lowest BCUT2D eigenvalue weighted by atomic mass is 9.98. The monoisotopic (exact) mass is 332 g/mol. The molecule has 0 atom stereocenters. The molecule has 0 saturated carbocycles. The first-order valence-electron chi connectivity index (χ1n) is 7.57. The molecule has 2 aromatic carbocycles. The molecule has 23 heavy (non-hydrogen) atoms. The smallest absolute Gasteiger partial charge is 0.349 e. The second-order valence-corrected chi connectivity index (χ2v) is 6.25. The fraction of sp³-hybridized carbons (Fsp3) is 0.316. The van der Waals surface area contributed by atoms with Gasteiger partial charge in [-0.15, -0.1) is 0 Å². The van der Waals surface area contributed by atoms with Crippen LogP contribution in [0.1, 0.15) is 36.5 Å². The molecule has 0 N–H and O–H groups in total. The number of rotatable bonds is 5. The number of ether oxygens (including phenoxy) is 2. The van der Waals surface area contributed by atoms with Crippen LogP contribution in [-0.4, -0.2) is 12.6 Å². The Bertz CT molecular complexity index is 708. The molecule has 0 unspecified atom stereocenters. The van der Waals surface area contributed by atoms with Gasteiger partial charge in [0.15, 0.2) is 6.61 Å². The van der Waals surface area contributed by atoms with Gasteiger partial charge in [-0.25, -0.2) is 4.79 Å². The normalized spacial score (nSPS) is 10.7. The fourth-order valence-corrected chi connectivity index (χ4v) is 2.49. The maximum absolute atomic E-state index is 11.9. The van der Waals surface area contributed by atoms with Crippen molar-refractivity contribution in [2.45, 2.75) is 33.6 Å². The van der Waals surface area contributed by atoms with Gasteiger partial charge in [-0.2, -0.15) is 0 Å². The summed E-state index contributed by atoms with van der Waals surface area (Å²) in [6, 6.07) is 10.9. The van der Waals surface area contributed by atoms with Crippen LogP contribution in [-0.2, 0) is 4.79 Å². The molecule has 0 aromatic heterocycles. The molecule has 4 heteroatoms. The van der Waals surface area contributed by atoms with Crippen molar-refractivity contribution in [1.29, 1.82) is 0 Å². The van der Waals surface area contributed by atoms with Gasteiger partial charge in [0.25, 0.3) is 0 Å². The summed E-state index contributed by atoms with van der Waals surface area (Å²) in [5.74, 6) is 1.14. The van der Waals surface area contributed by atoms with Gasteiger partial charge >= 0.3 is 5.97 Å². The second-order valence-electron chi connectivity index (χ2n) is 5.85. The summed E-state index contributed by atoms with van der Waals surface area (Å²) in [5.41, 5.74) is 3.29. The zero-order valence-corrected chi connectivity index (χ0v) is 14.6. The third kappa shape index (κ3) is 4.73. The van der Waals surface area contributed by atoms with Gasteiger partial charge in [-0.3, -0.25) is 0 Å². The first kappa shape index (κ1) is 17.4. The van der Waals surface area contributed by atoms with Crippen LogP contribution >= 0.6 is 11.6 Å². The molecular formula is C19H21ClO3. The highest BCUT2D eigenvalue weighted by atomic mass is 35.5. The molecule has 0 heterocycles. The van der Waals surface area contributed by atoms with E-state index in [4.69, 9.17) is 21.1 Å². The van der Waals surface area contributed by atoms with Crippen molar-refractivity contribution in [2.75, 3.05) is 6.61 Å². The minimum Gasteiger partial charge on any atom is -0.482 e. The van der Waals surface area contributed by atoms with E-state index in [-0.39, 0.29) is 6.61 Å². The largest absolute Gasteiger partial charge is 0.482 e. The van der Waals surface area contributed by atoms with Crippen molar-refractivity contribution in [2.24, 2.45) is 0 Å². The summed E-state index contributed by atoms with van der Waals surface area (Å²) in [5, 5.41) is 0.641. The highest BCUT2D eigenvalue weighted by molar-refractivity contribution is 6.31. The molecule has 122 valence electrons. The Morgan fingerprint density at radius 3 is 2.30 bits per heavy atom. The van der Waals surface area contributed by atoms with E-state index in [2.05, 4.69) is 13.8 Å². The zero-order valence-electron chi connectivity index (χ0n) is 13.9. The van der Waals surface area contributed by atoms with Crippen LogP contribution < -0.4 is 9.47 Å². The quantitative estimate of drug-likeness (QED) is 0.566. The Labute approximate surface area is 142 Å². The standard InChI is InChI=1S/C19H21ClO3/c1-12(2)17-7-5-15(9-13(17)3)22-11-19(21)23-16-6-8-18(20)14(4)10-16/h5-10,12H,11H2,1-4H3. The molecule has 3 nitrogen and oxygen atoms in total. The topological polar surface area (TPSA) is 35.5 Å². The predicted molar refractivity (Wildman–Crippen MR) is 92.6 cm³/mol. The number of hydrogen-bond donors (Lipinski definition) is 0. The van der Waals surface area contributed by atoms with E-state index in [0.717, 1.165) is 11.1 Å². The average molecular weight is 333 g/mol. The average Bonchev–Trinajstić information content (AvgIpc) is 2.48. The number of carbonyl (C=O) groups is 1. The molecule has 0 spiro atoms. The summed E-state index contributed by atoms with van der Waals surface area (Å²) in [6.45, 7) is 8.05. The van der Waals surface area contributed by atoms with E-state index in [1.165, 1.54) is 5.56 Å². The summed E-state index contributed by atoms with van der Waals surface area (Å²) < 4.78 is 10.8. The van der Waals surface area contributed by atoms with Crippen molar-refractivity contribution >= 4 is 17.6 Å². The van der Waals surface area contributed by atoms with Gasteiger partial charge in [-0.05, 0) is 66.8 Å². The molecule has 0 amide bonds. The summed E-state index contributed by atoms with van der Waals surface area (Å²) in [7, 11) is 0. The lowest BCUT2D eigenvalue weighted by molar-refractivity contribution is -0.136. The van der Waals surface area contributed by atoms with Crippen molar-refractivity contribution in [3.63, 3.8) is 0 Å². The molecule has 0 radical (unpaired) electrons. The highest BCUT2D eigenvalue weighted by Crippen LogP contribution is 2.24. The molecule has 0 aliphatic rings. The van der Waals surface area contributed by atoms with Crippen molar-refractivity contribution in [1.82, 2.24) is 0 Å². The van der Waals surface area contributed by atoms with E-state index in [1.807, 2.05) is 32.0 Å². The van der Waals surface area contributed by atoms with Crippen molar-refractivity contribution in [3.8, 4) is 11.5 Å². The van der Waals surface area contributed by atoms with Crippen molar-refractivity contribution < 1.29 is 14.3 Å². The lowest BCUT2D eigenvalue weighted by Gasteiger charge is -2.12. The van der Waals surface area contributed by atoms with Gasteiger partial charge in [0, 0.05) is 5.02 Å². The van der Waals surface area contributed by atoms with E-state index >= 15 is 0 Å². The van der Waals surface area contributed by atoms with Crippen LogP contribution in [0.15, 0.2) is 36.4 Å². The van der Waals surface area contributed by atoms with Gasteiger partial charge in [0.2, 0.25) is 0 Å². The van der Waals surface area contributed by atoms with E-state index in [0.29, 0.717) is 22.4 Å². The first-order chi connectivity index (χ1) is 10.9. The zero-order chi connectivity index (χ0) is 17.0. The molecule has 0 aliphatic carbocycles. The Kier molecular flexibility index (Phi) is 5.67. The van der Waals surface area contributed by atoms with Gasteiger partial charge in [0.05, 0.1) is 0 Å². The Morgan fingerprint density at radius 1 is 1.04 bits per heavy atom. The third-order valence-electron chi connectivity index (χ3n) is 3.58. The van der Waals surface area contributed by atoms with Gasteiger partial charge in [0.1, 0.15) is 11.5 Å². The van der Waals surface area contributed by atoms with Crippen LogP contribution in [0.4, 0.5) is 0 Å². The van der Waals surface area contributed by atoms with E-state index < -0.39 is 5.97 Å². The highest BCUT2D eigenvalue weighted by Gasteiger charge is 2.09. The molecule has 2 aromatic rings. The van der Waals surface area contributed by atoms with Crippen LogP contribution in [0.3, 0.4) is 0 Å². The Balaban J connectivity index is 1.94. The third-order valence-corrected chi connectivity index (χ3v) is 4.01. The maximum atomic E-state index is 11.9. The first-order valence-corrected chi connectivity index (χ1v) is 7.95. The second kappa shape index (κ2) is 7.51. The van der Waals surface area contributed by atoms with Crippen LogP contribution in [0.25, 0.3) is 0 Å². The minimum atomic E-state index is -0.447. The Morgan fingerprint density at radius 2 is 1.70 bits per heavy atom.